The monoisotopic (exact) mass is 307 g/mol. The topological polar surface area (TPSA) is 40.5 Å². The van der Waals surface area contributed by atoms with E-state index in [1.807, 2.05) is 29.2 Å². The number of carbonyl (C=O) groups excluding carboxylic acids is 1. The fraction of sp³-hybridized carbons (Fsp3) is 0.588. The number of carbonyl (C=O) groups is 1. The van der Waals surface area contributed by atoms with Crippen LogP contribution in [0.4, 0.5) is 0 Å². The molecule has 1 aromatic rings. The van der Waals surface area contributed by atoms with E-state index < -0.39 is 0 Å². The average molecular weight is 308 g/mol. The van der Waals surface area contributed by atoms with Crippen LogP contribution in [0.5, 0.6) is 0 Å². The van der Waals surface area contributed by atoms with Gasteiger partial charge in [-0.2, -0.15) is 0 Å². The lowest BCUT2D eigenvalue weighted by Crippen LogP contribution is -2.49. The minimum Gasteiger partial charge on any atom is -0.392 e. The molecule has 1 saturated carbocycles. The minimum absolute atomic E-state index is 0.0338. The number of amides is 1. The Kier molecular flexibility index (Phi) is 4.23. The molecule has 2 atom stereocenters. The number of nitrogens with zero attached hydrogens (tertiary/aromatic N) is 1. The molecule has 21 heavy (non-hydrogen) atoms. The molecule has 1 aliphatic heterocycles. The van der Waals surface area contributed by atoms with Crippen molar-refractivity contribution in [3.05, 3.63) is 34.9 Å². The lowest BCUT2D eigenvalue weighted by molar-refractivity contribution is -0.135. The van der Waals surface area contributed by atoms with Crippen LogP contribution in [0, 0.1) is 5.41 Å². The molecule has 0 radical (unpaired) electrons. The van der Waals surface area contributed by atoms with Gasteiger partial charge in [0.15, 0.2) is 0 Å². The first-order valence-electron chi connectivity index (χ1n) is 7.79. The molecule has 3 rings (SSSR count). The van der Waals surface area contributed by atoms with E-state index in [4.69, 9.17) is 11.6 Å². The van der Waals surface area contributed by atoms with Crippen LogP contribution in [-0.4, -0.2) is 35.1 Å². The summed E-state index contributed by atoms with van der Waals surface area (Å²) in [6, 6.07) is 7.46. The summed E-state index contributed by atoms with van der Waals surface area (Å²) in [7, 11) is 0. The predicted molar refractivity (Wildman–Crippen MR) is 83.3 cm³/mol. The molecule has 0 bridgehead atoms. The van der Waals surface area contributed by atoms with Gasteiger partial charge in [-0.25, -0.2) is 0 Å². The van der Waals surface area contributed by atoms with Crippen molar-refractivity contribution in [3.8, 4) is 0 Å². The van der Waals surface area contributed by atoms with Crippen LogP contribution < -0.4 is 0 Å². The molecular weight excluding hydrogens is 286 g/mol. The van der Waals surface area contributed by atoms with E-state index in [9.17, 15) is 9.90 Å². The van der Waals surface area contributed by atoms with E-state index in [1.165, 1.54) is 0 Å². The summed E-state index contributed by atoms with van der Waals surface area (Å²) in [5, 5.41) is 11.0. The first kappa shape index (κ1) is 14.9. The van der Waals surface area contributed by atoms with Crippen LogP contribution in [0.1, 0.15) is 37.7 Å². The van der Waals surface area contributed by atoms with Crippen molar-refractivity contribution in [1.29, 1.82) is 0 Å². The summed E-state index contributed by atoms with van der Waals surface area (Å²) < 4.78 is 0. The second-order valence-corrected chi connectivity index (χ2v) is 6.93. The van der Waals surface area contributed by atoms with Crippen molar-refractivity contribution in [2.45, 2.75) is 44.6 Å². The number of hydrogen-bond donors (Lipinski definition) is 1. The molecule has 2 aliphatic rings. The van der Waals surface area contributed by atoms with E-state index in [1.54, 1.807) is 0 Å². The molecule has 1 spiro atoms. The number of piperidine rings is 1. The average Bonchev–Trinajstić information content (AvgIpc) is 2.82. The number of benzene rings is 1. The van der Waals surface area contributed by atoms with Gasteiger partial charge in [0.1, 0.15) is 0 Å². The highest BCUT2D eigenvalue weighted by Gasteiger charge is 2.45. The van der Waals surface area contributed by atoms with E-state index in [0.29, 0.717) is 11.4 Å². The maximum Gasteiger partial charge on any atom is 0.227 e. The maximum atomic E-state index is 12.5. The van der Waals surface area contributed by atoms with Crippen molar-refractivity contribution < 1.29 is 9.90 Å². The molecular formula is C17H22ClNO2. The molecule has 1 aromatic carbocycles. The first-order chi connectivity index (χ1) is 10.1. The third-order valence-electron chi connectivity index (χ3n) is 5.09. The first-order valence-corrected chi connectivity index (χ1v) is 8.17. The maximum absolute atomic E-state index is 12.5. The zero-order chi connectivity index (χ0) is 14.9. The van der Waals surface area contributed by atoms with Crippen molar-refractivity contribution in [3.63, 3.8) is 0 Å². The van der Waals surface area contributed by atoms with Gasteiger partial charge in [0.05, 0.1) is 12.5 Å². The van der Waals surface area contributed by atoms with Crippen LogP contribution in [0.15, 0.2) is 24.3 Å². The van der Waals surface area contributed by atoms with Crippen molar-refractivity contribution >= 4 is 17.5 Å². The Hall–Kier alpha value is -1.06. The van der Waals surface area contributed by atoms with Crippen molar-refractivity contribution in [2.75, 3.05) is 13.1 Å². The van der Waals surface area contributed by atoms with E-state index in [-0.39, 0.29) is 17.4 Å². The standard InChI is InChI=1S/C17H22ClNO2/c18-14-6-4-13(5-7-14)11-16(21)19-10-2-9-17(12-19)8-1-3-15(17)20/h4-7,15,20H,1-3,8-12H2/t15-,17+/m1/s1. The molecule has 4 heteroatoms. The smallest absolute Gasteiger partial charge is 0.227 e. The highest BCUT2D eigenvalue weighted by Crippen LogP contribution is 2.45. The summed E-state index contributed by atoms with van der Waals surface area (Å²) in [6.45, 7) is 1.54. The Bertz CT molecular complexity index is 516. The van der Waals surface area contributed by atoms with Gasteiger partial charge in [-0.15, -0.1) is 0 Å². The Morgan fingerprint density at radius 3 is 2.67 bits per heavy atom. The second-order valence-electron chi connectivity index (χ2n) is 6.49. The van der Waals surface area contributed by atoms with Crippen LogP contribution in [0.25, 0.3) is 0 Å². The Morgan fingerprint density at radius 1 is 1.29 bits per heavy atom. The number of rotatable bonds is 2. The third kappa shape index (κ3) is 3.09. The van der Waals surface area contributed by atoms with Gasteiger partial charge in [0, 0.05) is 23.5 Å². The number of aliphatic hydroxyl groups excluding tert-OH is 1. The summed E-state index contributed by atoms with van der Waals surface area (Å²) in [6.07, 6.45) is 5.27. The van der Waals surface area contributed by atoms with Gasteiger partial charge in [0.25, 0.3) is 0 Å². The van der Waals surface area contributed by atoms with E-state index >= 15 is 0 Å². The highest BCUT2D eigenvalue weighted by molar-refractivity contribution is 6.30. The number of halogens is 1. The normalized spacial score (nSPS) is 29.0. The fourth-order valence-electron chi connectivity index (χ4n) is 3.86. The van der Waals surface area contributed by atoms with Crippen molar-refractivity contribution in [1.82, 2.24) is 4.90 Å². The molecule has 1 saturated heterocycles. The van der Waals surface area contributed by atoms with Crippen LogP contribution >= 0.6 is 11.6 Å². The highest BCUT2D eigenvalue weighted by atomic mass is 35.5. The van der Waals surface area contributed by atoms with Crippen LogP contribution in [0.3, 0.4) is 0 Å². The van der Waals surface area contributed by atoms with Gasteiger partial charge in [-0.05, 0) is 43.4 Å². The predicted octanol–water partition coefficient (Wildman–Crippen LogP) is 3.04. The van der Waals surface area contributed by atoms with Gasteiger partial charge in [0.2, 0.25) is 5.91 Å². The number of likely N-dealkylation sites (tertiary alicyclic amines) is 1. The third-order valence-corrected chi connectivity index (χ3v) is 5.34. The molecule has 3 nitrogen and oxygen atoms in total. The van der Waals surface area contributed by atoms with E-state index in [2.05, 4.69) is 0 Å². The minimum atomic E-state index is -0.233. The Labute approximate surface area is 130 Å². The Morgan fingerprint density at radius 2 is 2.00 bits per heavy atom. The van der Waals surface area contributed by atoms with Crippen LogP contribution in [-0.2, 0) is 11.2 Å². The van der Waals surface area contributed by atoms with Gasteiger partial charge < -0.3 is 10.0 Å². The Balaban J connectivity index is 1.66. The van der Waals surface area contributed by atoms with Gasteiger partial charge in [-0.1, -0.05) is 30.2 Å². The van der Waals surface area contributed by atoms with Crippen LogP contribution in [0.2, 0.25) is 5.02 Å². The summed E-state index contributed by atoms with van der Waals surface area (Å²) in [4.78, 5) is 14.5. The van der Waals surface area contributed by atoms with Gasteiger partial charge in [-0.3, -0.25) is 4.79 Å². The molecule has 1 aliphatic carbocycles. The van der Waals surface area contributed by atoms with Gasteiger partial charge >= 0.3 is 0 Å². The zero-order valence-electron chi connectivity index (χ0n) is 12.2. The summed E-state index contributed by atoms with van der Waals surface area (Å²) >= 11 is 5.87. The molecule has 1 amide bonds. The summed E-state index contributed by atoms with van der Waals surface area (Å²) in [5.41, 5.74) is 0.962. The summed E-state index contributed by atoms with van der Waals surface area (Å²) in [5.74, 6) is 0.162. The zero-order valence-corrected chi connectivity index (χ0v) is 13.0. The SMILES string of the molecule is O=C(Cc1ccc(Cl)cc1)N1CCC[C@@]2(CCC[C@H]2O)C1. The molecule has 1 heterocycles. The molecule has 2 fully saturated rings. The number of hydrogen-bond acceptors (Lipinski definition) is 2. The second kappa shape index (κ2) is 5.98. The lowest BCUT2D eigenvalue weighted by atomic mass is 9.76. The lowest BCUT2D eigenvalue weighted by Gasteiger charge is -2.42. The number of aliphatic hydroxyl groups is 1. The fourth-order valence-corrected chi connectivity index (χ4v) is 3.98. The molecule has 0 aromatic heterocycles. The quantitative estimate of drug-likeness (QED) is 0.912. The molecule has 1 N–H and O–H groups in total. The van der Waals surface area contributed by atoms with E-state index in [0.717, 1.165) is 50.8 Å². The largest absolute Gasteiger partial charge is 0.392 e. The molecule has 0 unspecified atom stereocenters. The molecule has 114 valence electrons. The van der Waals surface area contributed by atoms with Crippen molar-refractivity contribution in [2.24, 2.45) is 5.41 Å².